The Morgan fingerprint density at radius 1 is 1.21 bits per heavy atom. The fourth-order valence-corrected chi connectivity index (χ4v) is 2.68. The molecule has 6 heteroatoms. The van der Waals surface area contributed by atoms with Crippen molar-refractivity contribution in [2.45, 2.75) is 33.6 Å². The number of nitrogens with one attached hydrogen (secondary N) is 1. The van der Waals surface area contributed by atoms with Gasteiger partial charge in [0.1, 0.15) is 11.6 Å². The smallest absolute Gasteiger partial charge is 0.224 e. The number of aryl methyl sites for hydroxylation is 3. The van der Waals surface area contributed by atoms with Crippen LogP contribution in [0.4, 0.5) is 5.69 Å². The summed E-state index contributed by atoms with van der Waals surface area (Å²) in [6, 6.07) is 7.70. The Bertz CT molecular complexity index is 827. The molecular weight excluding hydrogens is 304 g/mol. The van der Waals surface area contributed by atoms with Crippen molar-refractivity contribution in [1.82, 2.24) is 14.7 Å². The minimum Gasteiger partial charge on any atom is -0.361 e. The molecule has 1 N–H and O–H groups in total. The fraction of sp³-hybridized carbons (Fsp3) is 0.278. The van der Waals surface area contributed by atoms with Crippen LogP contribution in [0.1, 0.15) is 29.3 Å². The van der Waals surface area contributed by atoms with Gasteiger partial charge in [-0.3, -0.25) is 4.79 Å². The van der Waals surface area contributed by atoms with Gasteiger partial charge in [0.05, 0.1) is 5.69 Å². The molecule has 0 atom stereocenters. The lowest BCUT2D eigenvalue weighted by Gasteiger charge is -2.08. The van der Waals surface area contributed by atoms with E-state index in [2.05, 4.69) is 15.5 Å². The Morgan fingerprint density at radius 3 is 2.54 bits per heavy atom. The Kier molecular flexibility index (Phi) is 4.46. The number of hydrogen-bond acceptors (Lipinski definition) is 4. The predicted molar refractivity (Wildman–Crippen MR) is 91.2 cm³/mol. The number of imidazole rings is 1. The first-order valence-electron chi connectivity index (χ1n) is 7.86. The van der Waals surface area contributed by atoms with Crippen LogP contribution in [0.15, 0.2) is 41.2 Å². The van der Waals surface area contributed by atoms with E-state index in [9.17, 15) is 4.79 Å². The van der Waals surface area contributed by atoms with Gasteiger partial charge in [-0.1, -0.05) is 5.16 Å². The molecular formula is C18H20N4O2. The van der Waals surface area contributed by atoms with Gasteiger partial charge in [-0.05, 0) is 51.5 Å². The summed E-state index contributed by atoms with van der Waals surface area (Å²) >= 11 is 0. The van der Waals surface area contributed by atoms with Gasteiger partial charge in [-0.15, -0.1) is 0 Å². The quantitative estimate of drug-likeness (QED) is 0.781. The maximum absolute atomic E-state index is 12.1. The molecule has 0 aliphatic rings. The summed E-state index contributed by atoms with van der Waals surface area (Å²) in [4.78, 5) is 16.3. The third-order valence-corrected chi connectivity index (χ3v) is 4.04. The third kappa shape index (κ3) is 3.37. The van der Waals surface area contributed by atoms with Crippen LogP contribution in [0, 0.1) is 20.8 Å². The maximum atomic E-state index is 12.1. The van der Waals surface area contributed by atoms with Crippen molar-refractivity contribution < 1.29 is 9.32 Å². The van der Waals surface area contributed by atoms with E-state index in [0.717, 1.165) is 34.2 Å². The minimum absolute atomic E-state index is 0.0263. The highest BCUT2D eigenvalue weighted by Crippen LogP contribution is 2.17. The van der Waals surface area contributed by atoms with Crippen LogP contribution in [0.2, 0.25) is 0 Å². The van der Waals surface area contributed by atoms with Crippen LogP contribution in [0.25, 0.3) is 5.69 Å². The molecule has 0 saturated heterocycles. The molecule has 124 valence electrons. The molecule has 0 radical (unpaired) electrons. The fourth-order valence-electron chi connectivity index (χ4n) is 2.68. The molecule has 24 heavy (non-hydrogen) atoms. The van der Waals surface area contributed by atoms with E-state index in [4.69, 9.17) is 4.52 Å². The first-order valence-corrected chi connectivity index (χ1v) is 7.86. The Labute approximate surface area is 140 Å². The second kappa shape index (κ2) is 6.70. The number of nitrogens with zero attached hydrogens (tertiary/aromatic N) is 3. The molecule has 0 aliphatic carbocycles. The Balaban J connectivity index is 1.60. The SMILES string of the molecule is Cc1noc(C)c1CCC(=O)Nc1ccc(-n2ccnc2C)cc1. The first kappa shape index (κ1) is 16.0. The van der Waals surface area contributed by atoms with E-state index in [1.54, 1.807) is 6.20 Å². The molecule has 0 fully saturated rings. The minimum atomic E-state index is -0.0263. The first-order chi connectivity index (χ1) is 11.5. The van der Waals surface area contributed by atoms with Gasteiger partial charge in [0, 0.05) is 35.8 Å². The summed E-state index contributed by atoms with van der Waals surface area (Å²) in [5, 5.41) is 6.82. The highest BCUT2D eigenvalue weighted by molar-refractivity contribution is 5.90. The number of hydrogen-bond donors (Lipinski definition) is 1. The zero-order valence-corrected chi connectivity index (χ0v) is 14.0. The number of amides is 1. The molecule has 1 amide bonds. The van der Waals surface area contributed by atoms with E-state index < -0.39 is 0 Å². The monoisotopic (exact) mass is 324 g/mol. The van der Waals surface area contributed by atoms with Gasteiger partial charge in [0.15, 0.2) is 0 Å². The van der Waals surface area contributed by atoms with Gasteiger partial charge in [-0.2, -0.15) is 0 Å². The number of anilines is 1. The molecule has 0 bridgehead atoms. The van der Waals surface area contributed by atoms with E-state index >= 15 is 0 Å². The Hall–Kier alpha value is -2.89. The molecule has 3 rings (SSSR count). The van der Waals surface area contributed by atoms with E-state index in [1.165, 1.54) is 0 Å². The maximum Gasteiger partial charge on any atom is 0.224 e. The van der Waals surface area contributed by atoms with Crippen molar-refractivity contribution in [3.8, 4) is 5.69 Å². The number of carbonyl (C=O) groups is 1. The number of benzene rings is 1. The predicted octanol–water partition coefficient (Wildman–Crippen LogP) is 3.36. The van der Waals surface area contributed by atoms with Crippen molar-refractivity contribution in [1.29, 1.82) is 0 Å². The highest BCUT2D eigenvalue weighted by atomic mass is 16.5. The summed E-state index contributed by atoms with van der Waals surface area (Å²) in [6.45, 7) is 5.70. The second-order valence-electron chi connectivity index (χ2n) is 5.74. The molecule has 2 heterocycles. The highest BCUT2D eigenvalue weighted by Gasteiger charge is 2.11. The zero-order chi connectivity index (χ0) is 17.1. The average molecular weight is 324 g/mol. The van der Waals surface area contributed by atoms with Crippen LogP contribution in [0.5, 0.6) is 0 Å². The van der Waals surface area contributed by atoms with E-state index in [-0.39, 0.29) is 5.91 Å². The van der Waals surface area contributed by atoms with Crippen molar-refractivity contribution in [2.75, 3.05) is 5.32 Å². The van der Waals surface area contributed by atoms with Crippen molar-refractivity contribution in [2.24, 2.45) is 0 Å². The average Bonchev–Trinajstić information content (AvgIpc) is 3.12. The summed E-state index contributed by atoms with van der Waals surface area (Å²) in [7, 11) is 0. The van der Waals surface area contributed by atoms with Crippen molar-refractivity contribution in [3.05, 3.63) is 59.5 Å². The number of carbonyl (C=O) groups excluding carboxylic acids is 1. The molecule has 0 aliphatic heterocycles. The van der Waals surface area contributed by atoms with E-state index in [0.29, 0.717) is 12.8 Å². The summed E-state index contributed by atoms with van der Waals surface area (Å²) in [5.41, 5.74) is 3.65. The lowest BCUT2D eigenvalue weighted by Crippen LogP contribution is -2.12. The molecule has 1 aromatic carbocycles. The zero-order valence-electron chi connectivity index (χ0n) is 14.0. The number of rotatable bonds is 5. The third-order valence-electron chi connectivity index (χ3n) is 4.04. The summed E-state index contributed by atoms with van der Waals surface area (Å²) in [5.74, 6) is 1.67. The van der Waals surface area contributed by atoms with Gasteiger partial charge in [0.25, 0.3) is 0 Å². The summed E-state index contributed by atoms with van der Waals surface area (Å²) in [6.07, 6.45) is 4.69. The lowest BCUT2D eigenvalue weighted by molar-refractivity contribution is -0.116. The topological polar surface area (TPSA) is 73.0 Å². The van der Waals surface area contributed by atoms with Gasteiger partial charge >= 0.3 is 0 Å². The van der Waals surface area contributed by atoms with Crippen molar-refractivity contribution >= 4 is 11.6 Å². The van der Waals surface area contributed by atoms with Crippen LogP contribution >= 0.6 is 0 Å². The molecule has 0 spiro atoms. The largest absolute Gasteiger partial charge is 0.361 e. The van der Waals surface area contributed by atoms with Crippen LogP contribution in [-0.2, 0) is 11.2 Å². The summed E-state index contributed by atoms with van der Waals surface area (Å²) < 4.78 is 7.10. The van der Waals surface area contributed by atoms with Crippen LogP contribution in [0.3, 0.4) is 0 Å². The molecule has 0 saturated carbocycles. The standard InChI is InChI=1S/C18H20N4O2/c1-12-17(13(2)24-21-12)8-9-18(23)20-15-4-6-16(7-5-15)22-11-10-19-14(22)3/h4-7,10-11H,8-9H2,1-3H3,(H,20,23). The molecule has 3 aromatic rings. The van der Waals surface area contributed by atoms with E-state index in [1.807, 2.05) is 55.8 Å². The normalized spacial score (nSPS) is 10.8. The van der Waals surface area contributed by atoms with Crippen LogP contribution in [-0.4, -0.2) is 20.6 Å². The van der Waals surface area contributed by atoms with Gasteiger partial charge in [0.2, 0.25) is 5.91 Å². The van der Waals surface area contributed by atoms with Crippen LogP contribution < -0.4 is 5.32 Å². The van der Waals surface area contributed by atoms with Gasteiger partial charge in [-0.25, -0.2) is 4.98 Å². The molecule has 0 unspecified atom stereocenters. The lowest BCUT2D eigenvalue weighted by atomic mass is 10.1. The van der Waals surface area contributed by atoms with Crippen molar-refractivity contribution in [3.63, 3.8) is 0 Å². The van der Waals surface area contributed by atoms with Gasteiger partial charge < -0.3 is 14.4 Å². The Morgan fingerprint density at radius 2 is 1.96 bits per heavy atom. The molecule has 2 aromatic heterocycles. The number of aromatic nitrogens is 3. The molecule has 6 nitrogen and oxygen atoms in total. The second-order valence-corrected chi connectivity index (χ2v) is 5.74.